The van der Waals surface area contributed by atoms with Gasteiger partial charge in [0.05, 0.1) is 23.3 Å². The Kier molecular flexibility index (Phi) is 2.97. The minimum absolute atomic E-state index is 0.241. The maximum Gasteiger partial charge on any atom is 0.261 e. The molecule has 0 radical (unpaired) electrons. The van der Waals surface area contributed by atoms with Crippen LogP contribution in [0.15, 0.2) is 12.3 Å². The van der Waals surface area contributed by atoms with Crippen LogP contribution in [-0.4, -0.2) is 30.7 Å². The highest BCUT2D eigenvalue weighted by Crippen LogP contribution is 2.19. The van der Waals surface area contributed by atoms with E-state index in [0.29, 0.717) is 16.9 Å². The van der Waals surface area contributed by atoms with E-state index < -0.39 is 0 Å². The third-order valence-electron chi connectivity index (χ3n) is 3.39. The Labute approximate surface area is 121 Å². The Morgan fingerprint density at radius 3 is 2.71 bits per heavy atom. The highest BCUT2D eigenvalue weighted by atomic mass is 16.1. The summed E-state index contributed by atoms with van der Waals surface area (Å²) in [6.07, 6.45) is 1.54. The molecule has 3 aromatic heterocycles. The molecular weight excluding hydrogens is 268 g/mol. The van der Waals surface area contributed by atoms with Gasteiger partial charge in [-0.1, -0.05) is 0 Å². The predicted molar refractivity (Wildman–Crippen MR) is 78.5 cm³/mol. The molecule has 3 heterocycles. The standard InChI is InChI=1S/C14H16N6O/c1-7-5-8(2)20-13(16-7)11(6-15-20)14(21)17-12-9(3)18-19-10(12)4/h5-6H,1-4H3,(H,17,21)(H,18,19). The molecule has 0 fully saturated rings. The molecule has 0 unspecified atom stereocenters. The third kappa shape index (κ3) is 2.16. The van der Waals surface area contributed by atoms with E-state index in [9.17, 15) is 4.79 Å². The van der Waals surface area contributed by atoms with Crippen LogP contribution in [0, 0.1) is 27.7 Å². The molecule has 0 aromatic carbocycles. The van der Waals surface area contributed by atoms with Crippen LogP contribution in [0.5, 0.6) is 0 Å². The van der Waals surface area contributed by atoms with Crippen LogP contribution in [0.2, 0.25) is 0 Å². The van der Waals surface area contributed by atoms with E-state index in [1.165, 1.54) is 6.20 Å². The van der Waals surface area contributed by atoms with Crippen molar-refractivity contribution in [2.45, 2.75) is 27.7 Å². The molecule has 0 spiro atoms. The average molecular weight is 284 g/mol. The predicted octanol–water partition coefficient (Wildman–Crippen LogP) is 1.94. The molecule has 3 aromatic rings. The first-order valence-electron chi connectivity index (χ1n) is 6.62. The molecular formula is C14H16N6O. The van der Waals surface area contributed by atoms with Gasteiger partial charge in [0.25, 0.3) is 5.91 Å². The van der Waals surface area contributed by atoms with Crippen molar-refractivity contribution in [3.63, 3.8) is 0 Å². The number of nitrogens with one attached hydrogen (secondary N) is 2. The van der Waals surface area contributed by atoms with Gasteiger partial charge in [0.15, 0.2) is 5.65 Å². The van der Waals surface area contributed by atoms with Crippen LogP contribution in [-0.2, 0) is 0 Å². The monoisotopic (exact) mass is 284 g/mol. The van der Waals surface area contributed by atoms with E-state index in [0.717, 1.165) is 22.8 Å². The Hall–Kier alpha value is -2.70. The summed E-state index contributed by atoms with van der Waals surface area (Å²) >= 11 is 0. The molecule has 7 heteroatoms. The molecule has 7 nitrogen and oxygen atoms in total. The van der Waals surface area contributed by atoms with E-state index in [1.807, 2.05) is 33.8 Å². The lowest BCUT2D eigenvalue weighted by atomic mass is 10.2. The highest BCUT2D eigenvalue weighted by molar-refractivity contribution is 6.08. The average Bonchev–Trinajstić information content (AvgIpc) is 2.97. The summed E-state index contributed by atoms with van der Waals surface area (Å²) in [5.74, 6) is -0.241. The van der Waals surface area contributed by atoms with Crippen LogP contribution in [0.3, 0.4) is 0 Å². The van der Waals surface area contributed by atoms with Crippen molar-refractivity contribution in [2.75, 3.05) is 5.32 Å². The minimum atomic E-state index is -0.241. The zero-order valence-corrected chi connectivity index (χ0v) is 12.4. The second-order valence-electron chi connectivity index (χ2n) is 5.10. The Balaban J connectivity index is 2.03. The molecule has 0 aliphatic rings. The Morgan fingerprint density at radius 2 is 2.05 bits per heavy atom. The largest absolute Gasteiger partial charge is 0.319 e. The summed E-state index contributed by atoms with van der Waals surface area (Å²) in [6.45, 7) is 7.52. The van der Waals surface area contributed by atoms with Crippen LogP contribution < -0.4 is 5.32 Å². The molecule has 0 aliphatic heterocycles. The maximum absolute atomic E-state index is 12.5. The van der Waals surface area contributed by atoms with Gasteiger partial charge in [0, 0.05) is 11.4 Å². The Morgan fingerprint density at radius 1 is 1.29 bits per heavy atom. The molecule has 0 bridgehead atoms. The fourth-order valence-corrected chi connectivity index (χ4v) is 2.35. The lowest BCUT2D eigenvalue weighted by molar-refractivity contribution is 0.102. The Bertz CT molecular complexity index is 825. The number of amides is 1. The van der Waals surface area contributed by atoms with Gasteiger partial charge in [0.2, 0.25) is 0 Å². The molecule has 0 atom stereocenters. The summed E-state index contributed by atoms with van der Waals surface area (Å²) in [7, 11) is 0. The number of aryl methyl sites for hydroxylation is 4. The smallest absolute Gasteiger partial charge is 0.261 e. The molecule has 3 rings (SSSR count). The second-order valence-corrected chi connectivity index (χ2v) is 5.10. The van der Waals surface area contributed by atoms with Crippen molar-refractivity contribution in [1.29, 1.82) is 0 Å². The number of fused-ring (bicyclic) bond motifs is 1. The van der Waals surface area contributed by atoms with Gasteiger partial charge in [0.1, 0.15) is 5.56 Å². The lowest BCUT2D eigenvalue weighted by Gasteiger charge is -2.05. The number of carbonyl (C=O) groups excluding carboxylic acids is 1. The SMILES string of the molecule is Cc1cc(C)n2ncc(C(=O)Nc3c(C)n[nH]c3C)c2n1. The van der Waals surface area contributed by atoms with E-state index >= 15 is 0 Å². The highest BCUT2D eigenvalue weighted by Gasteiger charge is 2.18. The van der Waals surface area contributed by atoms with Gasteiger partial charge in [-0.05, 0) is 33.8 Å². The number of anilines is 1. The number of hydrogen-bond donors (Lipinski definition) is 2. The van der Waals surface area contributed by atoms with Gasteiger partial charge >= 0.3 is 0 Å². The van der Waals surface area contributed by atoms with E-state index in [-0.39, 0.29) is 5.91 Å². The van der Waals surface area contributed by atoms with Gasteiger partial charge in [-0.3, -0.25) is 9.89 Å². The number of aromatic nitrogens is 5. The number of rotatable bonds is 2. The van der Waals surface area contributed by atoms with Gasteiger partial charge in [-0.25, -0.2) is 9.50 Å². The maximum atomic E-state index is 12.5. The van der Waals surface area contributed by atoms with Crippen LogP contribution in [0.4, 0.5) is 5.69 Å². The number of aromatic amines is 1. The van der Waals surface area contributed by atoms with Gasteiger partial charge in [-0.15, -0.1) is 0 Å². The van der Waals surface area contributed by atoms with Crippen LogP contribution in [0.1, 0.15) is 33.1 Å². The normalized spacial score (nSPS) is 11.0. The van der Waals surface area contributed by atoms with Crippen molar-refractivity contribution in [1.82, 2.24) is 24.8 Å². The van der Waals surface area contributed by atoms with Crippen molar-refractivity contribution in [3.8, 4) is 0 Å². The molecule has 0 aliphatic carbocycles. The second kappa shape index (κ2) is 4.69. The van der Waals surface area contributed by atoms with Crippen molar-refractivity contribution >= 4 is 17.2 Å². The zero-order valence-electron chi connectivity index (χ0n) is 12.4. The zero-order chi connectivity index (χ0) is 15.1. The fourth-order valence-electron chi connectivity index (χ4n) is 2.35. The van der Waals surface area contributed by atoms with Gasteiger partial charge < -0.3 is 5.32 Å². The summed E-state index contributed by atoms with van der Waals surface area (Å²) in [5.41, 5.74) is 5.06. The summed E-state index contributed by atoms with van der Waals surface area (Å²) in [5, 5.41) is 14.0. The van der Waals surface area contributed by atoms with Crippen molar-refractivity contribution in [2.24, 2.45) is 0 Å². The summed E-state index contributed by atoms with van der Waals surface area (Å²) in [6, 6.07) is 1.92. The van der Waals surface area contributed by atoms with E-state index in [4.69, 9.17) is 0 Å². The number of nitrogens with zero attached hydrogens (tertiary/aromatic N) is 4. The first-order valence-corrected chi connectivity index (χ1v) is 6.62. The minimum Gasteiger partial charge on any atom is -0.319 e. The molecule has 1 amide bonds. The lowest BCUT2D eigenvalue weighted by Crippen LogP contribution is -2.13. The molecule has 108 valence electrons. The molecule has 0 saturated carbocycles. The van der Waals surface area contributed by atoms with Crippen LogP contribution in [0.25, 0.3) is 5.65 Å². The summed E-state index contributed by atoms with van der Waals surface area (Å²) in [4.78, 5) is 16.9. The van der Waals surface area contributed by atoms with E-state index in [1.54, 1.807) is 4.52 Å². The first kappa shape index (κ1) is 13.3. The van der Waals surface area contributed by atoms with Crippen molar-refractivity contribution < 1.29 is 4.79 Å². The van der Waals surface area contributed by atoms with E-state index in [2.05, 4.69) is 25.6 Å². The first-order chi connectivity index (χ1) is 9.97. The fraction of sp³-hybridized carbons (Fsp3) is 0.286. The topological polar surface area (TPSA) is 88.0 Å². The quantitative estimate of drug-likeness (QED) is 0.752. The number of carbonyl (C=O) groups is 1. The van der Waals surface area contributed by atoms with Crippen molar-refractivity contribution in [3.05, 3.63) is 40.6 Å². The number of hydrogen-bond acceptors (Lipinski definition) is 4. The van der Waals surface area contributed by atoms with Crippen LogP contribution >= 0.6 is 0 Å². The number of H-pyrrole nitrogens is 1. The molecule has 2 N–H and O–H groups in total. The molecule has 0 saturated heterocycles. The summed E-state index contributed by atoms with van der Waals surface area (Å²) < 4.78 is 1.66. The van der Waals surface area contributed by atoms with Gasteiger partial charge in [-0.2, -0.15) is 10.2 Å². The molecule has 21 heavy (non-hydrogen) atoms. The third-order valence-corrected chi connectivity index (χ3v) is 3.39.